The second kappa shape index (κ2) is 13.4. The molecular weight excluding hydrogens is 620 g/mol. The van der Waals surface area contributed by atoms with Crippen LogP contribution < -0.4 is 15.0 Å². The molecule has 3 N–H and O–H groups in total. The number of fused-ring (bicyclic) bond motifs is 2. The lowest BCUT2D eigenvalue weighted by molar-refractivity contribution is -0.123. The molecule has 1 atom stereocenters. The van der Waals surface area contributed by atoms with Crippen LogP contribution in [0.3, 0.4) is 0 Å². The van der Waals surface area contributed by atoms with Crippen LogP contribution in [0.2, 0.25) is 0 Å². The summed E-state index contributed by atoms with van der Waals surface area (Å²) in [6.45, 7) is 5.80. The monoisotopic (exact) mass is 660 g/mol. The van der Waals surface area contributed by atoms with E-state index in [4.69, 9.17) is 4.74 Å². The minimum Gasteiger partial charge on any atom is -0.497 e. The number of anilines is 1. The van der Waals surface area contributed by atoms with Crippen LogP contribution in [0, 0.1) is 0 Å². The second-order valence-corrected chi connectivity index (χ2v) is 13.6. The zero-order valence-electron chi connectivity index (χ0n) is 28.6. The van der Waals surface area contributed by atoms with Crippen molar-refractivity contribution in [1.29, 1.82) is 0 Å². The van der Waals surface area contributed by atoms with Crippen LogP contribution in [-0.4, -0.2) is 34.4 Å². The second-order valence-electron chi connectivity index (χ2n) is 13.6. The predicted molar refractivity (Wildman–Crippen MR) is 201 cm³/mol. The molecule has 0 spiro atoms. The number of nitrogens with zero attached hydrogens (tertiary/aromatic N) is 1. The van der Waals surface area contributed by atoms with Crippen LogP contribution in [0.1, 0.15) is 65.3 Å². The topological polar surface area (TPSA) is 90.2 Å². The Labute approximate surface area is 291 Å². The number of para-hydroxylation sites is 3. The van der Waals surface area contributed by atoms with Crippen molar-refractivity contribution in [2.24, 2.45) is 0 Å². The van der Waals surface area contributed by atoms with Crippen molar-refractivity contribution >= 4 is 39.3 Å². The maximum atomic E-state index is 14.8. The number of H-pyrrole nitrogens is 2. The third kappa shape index (κ3) is 6.38. The SMILES string of the molecule is COc1ccc(C(C(=O)NC(C)(C)C)N(C(=O)c2ccc(C(c3c[nH]c4ccccc34)c3c[nH]c4ccccc34)cc2)c2ccccc2)cc1. The Morgan fingerprint density at radius 3 is 1.72 bits per heavy atom. The number of aromatic nitrogens is 2. The molecule has 7 aromatic rings. The maximum Gasteiger partial charge on any atom is 0.259 e. The zero-order valence-corrected chi connectivity index (χ0v) is 28.6. The predicted octanol–water partition coefficient (Wildman–Crippen LogP) is 9.14. The van der Waals surface area contributed by atoms with Crippen LogP contribution in [0.5, 0.6) is 5.75 Å². The fourth-order valence-electron chi connectivity index (χ4n) is 6.76. The highest BCUT2D eigenvalue weighted by Crippen LogP contribution is 2.40. The molecule has 0 saturated carbocycles. The Balaban J connectivity index is 1.33. The fraction of sp³-hybridized carbons (Fsp3) is 0.163. The Morgan fingerprint density at radius 2 is 1.18 bits per heavy atom. The summed E-state index contributed by atoms with van der Waals surface area (Å²) >= 11 is 0. The van der Waals surface area contributed by atoms with Gasteiger partial charge < -0.3 is 20.0 Å². The zero-order chi connectivity index (χ0) is 34.8. The van der Waals surface area contributed by atoms with Gasteiger partial charge in [0.1, 0.15) is 11.8 Å². The summed E-state index contributed by atoms with van der Waals surface area (Å²) in [5.74, 6) is -0.0169. The van der Waals surface area contributed by atoms with Gasteiger partial charge in [-0.05, 0) is 91.6 Å². The Kier molecular flexibility index (Phi) is 8.73. The van der Waals surface area contributed by atoms with Crippen molar-refractivity contribution < 1.29 is 14.3 Å². The quantitative estimate of drug-likeness (QED) is 0.144. The maximum absolute atomic E-state index is 14.8. The lowest BCUT2D eigenvalue weighted by Gasteiger charge is -2.34. The number of aromatic amines is 2. The van der Waals surface area contributed by atoms with Crippen molar-refractivity contribution in [3.05, 3.63) is 168 Å². The average Bonchev–Trinajstić information content (AvgIpc) is 3.75. The summed E-state index contributed by atoms with van der Waals surface area (Å²) in [6, 6.07) is 40.1. The van der Waals surface area contributed by atoms with Gasteiger partial charge >= 0.3 is 0 Å². The molecule has 0 fully saturated rings. The van der Waals surface area contributed by atoms with Gasteiger partial charge in [-0.3, -0.25) is 14.5 Å². The number of methoxy groups -OCH3 is 1. The van der Waals surface area contributed by atoms with Crippen molar-refractivity contribution in [3.8, 4) is 5.75 Å². The van der Waals surface area contributed by atoms with Gasteiger partial charge in [0.2, 0.25) is 5.91 Å². The first-order chi connectivity index (χ1) is 24.2. The Hall–Kier alpha value is -6.08. The third-order valence-corrected chi connectivity index (χ3v) is 9.04. The molecule has 0 bridgehead atoms. The standard InChI is InChI=1S/C43H40N4O3/c1-43(2,3)46-41(48)40(29-22-24-32(50-4)25-23-29)47(31-12-6-5-7-13-31)42(49)30-20-18-28(19-21-30)39(35-26-44-37-16-10-8-14-33(35)37)36-27-45-38-17-11-9-15-34(36)38/h5-27,39-40,44-45H,1-4H3,(H,46,48). The number of carbonyl (C=O) groups excluding carboxylic acids is 2. The van der Waals surface area contributed by atoms with E-state index in [0.29, 0.717) is 22.6 Å². The van der Waals surface area contributed by atoms with E-state index in [1.807, 2.05) is 112 Å². The Morgan fingerprint density at radius 1 is 0.660 bits per heavy atom. The van der Waals surface area contributed by atoms with E-state index in [1.54, 1.807) is 12.0 Å². The highest BCUT2D eigenvalue weighted by atomic mass is 16.5. The third-order valence-electron chi connectivity index (χ3n) is 9.04. The number of carbonyl (C=O) groups is 2. The molecule has 2 heterocycles. The summed E-state index contributed by atoms with van der Waals surface area (Å²) in [4.78, 5) is 37.4. The van der Waals surface area contributed by atoms with E-state index in [2.05, 4.69) is 64.1 Å². The largest absolute Gasteiger partial charge is 0.497 e. The minimum atomic E-state index is -0.945. The van der Waals surface area contributed by atoms with Crippen LogP contribution in [0.15, 0.2) is 140 Å². The van der Waals surface area contributed by atoms with Crippen molar-refractivity contribution in [1.82, 2.24) is 15.3 Å². The smallest absolute Gasteiger partial charge is 0.259 e. The number of ether oxygens (including phenoxy) is 1. The molecule has 0 radical (unpaired) electrons. The van der Waals surface area contributed by atoms with Gasteiger partial charge in [-0.25, -0.2) is 0 Å². The summed E-state index contributed by atoms with van der Waals surface area (Å²) in [5.41, 5.74) is 6.70. The lowest BCUT2D eigenvalue weighted by Crippen LogP contribution is -2.49. The van der Waals surface area contributed by atoms with Gasteiger partial charge in [0.25, 0.3) is 5.91 Å². The van der Waals surface area contributed by atoms with Gasteiger partial charge in [-0.2, -0.15) is 0 Å². The summed E-state index contributed by atoms with van der Waals surface area (Å²) < 4.78 is 5.40. The van der Waals surface area contributed by atoms with Crippen LogP contribution in [0.25, 0.3) is 21.8 Å². The molecule has 0 aliphatic carbocycles. The molecule has 5 aromatic carbocycles. The van der Waals surface area contributed by atoms with Gasteiger partial charge in [0.15, 0.2) is 0 Å². The molecule has 7 heteroatoms. The van der Waals surface area contributed by atoms with E-state index in [9.17, 15) is 9.59 Å². The first-order valence-electron chi connectivity index (χ1n) is 16.8. The molecule has 7 nitrogen and oxygen atoms in total. The molecule has 2 aromatic heterocycles. The number of hydrogen-bond acceptors (Lipinski definition) is 3. The van der Waals surface area contributed by atoms with Crippen LogP contribution in [-0.2, 0) is 4.79 Å². The van der Waals surface area contributed by atoms with Gasteiger partial charge in [0, 0.05) is 56.9 Å². The number of rotatable bonds is 9. The molecule has 0 saturated heterocycles. The molecule has 0 aliphatic rings. The normalized spacial score (nSPS) is 12.3. The first-order valence-corrected chi connectivity index (χ1v) is 16.8. The van der Waals surface area contributed by atoms with E-state index in [-0.39, 0.29) is 17.7 Å². The van der Waals surface area contributed by atoms with Crippen molar-refractivity contribution in [3.63, 3.8) is 0 Å². The van der Waals surface area contributed by atoms with Gasteiger partial charge in [-0.15, -0.1) is 0 Å². The van der Waals surface area contributed by atoms with E-state index in [0.717, 1.165) is 38.5 Å². The molecule has 0 aliphatic heterocycles. The number of benzene rings is 5. The van der Waals surface area contributed by atoms with E-state index >= 15 is 0 Å². The molecule has 7 rings (SSSR count). The lowest BCUT2D eigenvalue weighted by atomic mass is 9.84. The highest BCUT2D eigenvalue weighted by molar-refractivity contribution is 6.10. The summed E-state index contributed by atoms with van der Waals surface area (Å²) in [5, 5.41) is 5.41. The molecule has 250 valence electrons. The molecular formula is C43H40N4O3. The Bertz CT molecular complexity index is 2190. The van der Waals surface area contributed by atoms with Gasteiger partial charge in [-0.1, -0.05) is 78.9 Å². The minimum absolute atomic E-state index is 0.110. The van der Waals surface area contributed by atoms with E-state index < -0.39 is 11.6 Å². The number of nitrogens with one attached hydrogen (secondary N) is 3. The average molecular weight is 661 g/mol. The van der Waals surface area contributed by atoms with E-state index in [1.165, 1.54) is 0 Å². The molecule has 50 heavy (non-hydrogen) atoms. The number of amides is 2. The van der Waals surface area contributed by atoms with Crippen molar-refractivity contribution in [2.75, 3.05) is 12.0 Å². The van der Waals surface area contributed by atoms with Gasteiger partial charge in [0.05, 0.1) is 7.11 Å². The van der Waals surface area contributed by atoms with Crippen LogP contribution >= 0.6 is 0 Å². The fourth-order valence-corrected chi connectivity index (χ4v) is 6.76. The van der Waals surface area contributed by atoms with Crippen LogP contribution in [0.4, 0.5) is 5.69 Å². The summed E-state index contributed by atoms with van der Waals surface area (Å²) in [6.07, 6.45) is 4.17. The molecule has 2 amide bonds. The summed E-state index contributed by atoms with van der Waals surface area (Å²) in [7, 11) is 1.60. The number of hydrogen-bond donors (Lipinski definition) is 3. The first kappa shape index (κ1) is 32.5. The van der Waals surface area contributed by atoms with Crippen molar-refractivity contribution in [2.45, 2.75) is 38.3 Å². The molecule has 1 unspecified atom stereocenters. The highest BCUT2D eigenvalue weighted by Gasteiger charge is 2.35.